The van der Waals surface area contributed by atoms with E-state index in [0.717, 1.165) is 17.0 Å². The number of hydrogen-bond acceptors (Lipinski definition) is 3. The smallest absolute Gasteiger partial charge is 0.409 e. The molecule has 0 heterocycles. The Kier molecular flexibility index (Phi) is 5.59. The van der Waals surface area contributed by atoms with Gasteiger partial charge in [-0.25, -0.2) is 0 Å². The number of amidine groups is 1. The lowest BCUT2D eigenvalue weighted by molar-refractivity contribution is -0.138. The van der Waals surface area contributed by atoms with Gasteiger partial charge in [-0.15, -0.1) is 0 Å². The van der Waals surface area contributed by atoms with Crippen molar-refractivity contribution in [3.05, 3.63) is 33.8 Å². The topological polar surface area (TPSA) is 78.9 Å². The molecule has 21 heavy (non-hydrogen) atoms. The van der Waals surface area contributed by atoms with E-state index in [0.29, 0.717) is 0 Å². The van der Waals surface area contributed by atoms with Crippen LogP contribution >= 0.6 is 15.9 Å². The van der Waals surface area contributed by atoms with Crippen LogP contribution in [0, 0.1) is 0 Å². The van der Waals surface area contributed by atoms with Gasteiger partial charge in [-0.1, -0.05) is 21.1 Å². The fourth-order valence-corrected chi connectivity index (χ4v) is 2.02. The standard InChI is InChI=1S/C12H13BrF3N3O2/c1-2-19(6-10(17)18-21)11(20)8-4-3-7(13)5-9(8)12(14,15)16/h3-5,21H,2,6H2,1H3,(H2,17,18). The Balaban J connectivity index is 3.23. The molecular weight excluding hydrogens is 355 g/mol. The molecular formula is C12H13BrF3N3O2. The van der Waals surface area contributed by atoms with Crippen molar-refractivity contribution in [2.45, 2.75) is 13.1 Å². The normalized spacial score (nSPS) is 12.3. The van der Waals surface area contributed by atoms with Crippen LogP contribution in [-0.4, -0.2) is 34.9 Å². The van der Waals surface area contributed by atoms with Crippen LogP contribution in [0.15, 0.2) is 27.8 Å². The average molecular weight is 368 g/mol. The summed E-state index contributed by atoms with van der Waals surface area (Å²) < 4.78 is 39.2. The fraction of sp³-hybridized carbons (Fsp3) is 0.333. The number of nitrogens with two attached hydrogens (primary N) is 1. The van der Waals surface area contributed by atoms with Gasteiger partial charge in [0, 0.05) is 11.0 Å². The van der Waals surface area contributed by atoms with E-state index in [9.17, 15) is 18.0 Å². The maximum atomic E-state index is 13.0. The Hall–Kier alpha value is -1.77. The van der Waals surface area contributed by atoms with Crippen molar-refractivity contribution in [2.24, 2.45) is 10.9 Å². The quantitative estimate of drug-likeness (QED) is 0.371. The Labute approximate surface area is 127 Å². The summed E-state index contributed by atoms with van der Waals surface area (Å²) in [6.07, 6.45) is -4.66. The summed E-state index contributed by atoms with van der Waals surface area (Å²) in [5, 5.41) is 11.2. The zero-order chi connectivity index (χ0) is 16.2. The molecule has 116 valence electrons. The van der Waals surface area contributed by atoms with Crippen molar-refractivity contribution in [1.29, 1.82) is 0 Å². The highest BCUT2D eigenvalue weighted by molar-refractivity contribution is 9.10. The summed E-state index contributed by atoms with van der Waals surface area (Å²) in [6, 6.07) is 3.27. The molecule has 0 saturated carbocycles. The van der Waals surface area contributed by atoms with Gasteiger partial charge in [-0.2, -0.15) is 13.2 Å². The van der Waals surface area contributed by atoms with Gasteiger partial charge >= 0.3 is 6.18 Å². The van der Waals surface area contributed by atoms with E-state index >= 15 is 0 Å². The largest absolute Gasteiger partial charge is 0.417 e. The highest BCUT2D eigenvalue weighted by Gasteiger charge is 2.36. The van der Waals surface area contributed by atoms with E-state index in [1.54, 1.807) is 6.92 Å². The third kappa shape index (κ3) is 4.35. The maximum Gasteiger partial charge on any atom is 0.417 e. The molecule has 0 saturated heterocycles. The minimum Gasteiger partial charge on any atom is -0.409 e. The highest BCUT2D eigenvalue weighted by Crippen LogP contribution is 2.34. The monoisotopic (exact) mass is 367 g/mol. The van der Waals surface area contributed by atoms with Crippen LogP contribution in [0.5, 0.6) is 0 Å². The first-order valence-electron chi connectivity index (χ1n) is 5.83. The lowest BCUT2D eigenvalue weighted by Gasteiger charge is -2.22. The molecule has 1 rings (SSSR count). The van der Waals surface area contributed by atoms with Gasteiger partial charge in [0.05, 0.1) is 17.7 Å². The molecule has 0 unspecified atom stereocenters. The molecule has 0 aliphatic rings. The molecule has 5 nitrogen and oxygen atoms in total. The summed E-state index contributed by atoms with van der Waals surface area (Å²) in [7, 11) is 0. The van der Waals surface area contributed by atoms with Crippen molar-refractivity contribution in [1.82, 2.24) is 4.90 Å². The van der Waals surface area contributed by atoms with Gasteiger partial charge < -0.3 is 15.8 Å². The minimum absolute atomic E-state index is 0.114. The van der Waals surface area contributed by atoms with Crippen LogP contribution in [0.4, 0.5) is 13.2 Å². The molecule has 1 amide bonds. The number of alkyl halides is 3. The van der Waals surface area contributed by atoms with E-state index in [-0.39, 0.29) is 23.4 Å². The molecule has 0 radical (unpaired) electrons. The number of amides is 1. The maximum absolute atomic E-state index is 13.0. The van der Waals surface area contributed by atoms with Crippen molar-refractivity contribution in [2.75, 3.05) is 13.1 Å². The van der Waals surface area contributed by atoms with Crippen LogP contribution in [0.1, 0.15) is 22.8 Å². The van der Waals surface area contributed by atoms with Crippen molar-refractivity contribution in [3.8, 4) is 0 Å². The van der Waals surface area contributed by atoms with Crippen LogP contribution in [0.3, 0.4) is 0 Å². The van der Waals surface area contributed by atoms with Crippen LogP contribution in [0.2, 0.25) is 0 Å². The van der Waals surface area contributed by atoms with E-state index in [1.807, 2.05) is 0 Å². The highest BCUT2D eigenvalue weighted by atomic mass is 79.9. The zero-order valence-electron chi connectivity index (χ0n) is 11.0. The van der Waals surface area contributed by atoms with Gasteiger partial charge in [0.15, 0.2) is 5.84 Å². The number of rotatable bonds is 4. The predicted molar refractivity (Wildman–Crippen MR) is 74.1 cm³/mol. The van der Waals surface area contributed by atoms with Gasteiger partial charge in [-0.3, -0.25) is 4.79 Å². The first-order valence-corrected chi connectivity index (χ1v) is 6.62. The summed E-state index contributed by atoms with van der Waals surface area (Å²) in [5.74, 6) is -1.11. The zero-order valence-corrected chi connectivity index (χ0v) is 12.6. The summed E-state index contributed by atoms with van der Waals surface area (Å²) in [6.45, 7) is 1.43. The Bertz CT molecular complexity index is 561. The molecule has 0 bridgehead atoms. The van der Waals surface area contributed by atoms with Crippen molar-refractivity contribution < 1.29 is 23.2 Å². The average Bonchev–Trinajstić information content (AvgIpc) is 2.42. The second-order valence-corrected chi connectivity index (χ2v) is 5.01. The molecule has 0 spiro atoms. The van der Waals surface area contributed by atoms with E-state index in [1.165, 1.54) is 6.07 Å². The number of likely N-dealkylation sites (N-methyl/N-ethyl adjacent to an activating group) is 1. The van der Waals surface area contributed by atoms with Gasteiger partial charge in [0.25, 0.3) is 5.91 Å². The Morgan fingerprint density at radius 3 is 2.57 bits per heavy atom. The number of oxime groups is 1. The molecule has 0 aliphatic heterocycles. The van der Waals surface area contributed by atoms with E-state index in [4.69, 9.17) is 10.9 Å². The third-order valence-electron chi connectivity index (χ3n) is 2.67. The molecule has 0 aliphatic carbocycles. The first-order chi connectivity index (χ1) is 9.70. The molecule has 0 aromatic heterocycles. The van der Waals surface area contributed by atoms with Gasteiger partial charge in [0.1, 0.15) is 0 Å². The first kappa shape index (κ1) is 17.3. The van der Waals surface area contributed by atoms with E-state index < -0.39 is 23.2 Å². The molecule has 0 atom stereocenters. The fourth-order valence-electron chi connectivity index (χ4n) is 1.66. The van der Waals surface area contributed by atoms with Crippen molar-refractivity contribution in [3.63, 3.8) is 0 Å². The second-order valence-electron chi connectivity index (χ2n) is 4.10. The van der Waals surface area contributed by atoms with Gasteiger partial charge in [0.2, 0.25) is 0 Å². The van der Waals surface area contributed by atoms with Crippen LogP contribution < -0.4 is 5.73 Å². The molecule has 3 N–H and O–H groups in total. The third-order valence-corrected chi connectivity index (χ3v) is 3.16. The summed E-state index contributed by atoms with van der Waals surface area (Å²) in [5.41, 5.74) is 3.76. The molecule has 9 heteroatoms. The predicted octanol–water partition coefficient (Wildman–Crippen LogP) is 2.68. The lowest BCUT2D eigenvalue weighted by atomic mass is 10.1. The number of halogens is 4. The summed E-state index contributed by atoms with van der Waals surface area (Å²) >= 11 is 2.95. The second kappa shape index (κ2) is 6.79. The van der Waals surface area contributed by atoms with E-state index in [2.05, 4.69) is 21.1 Å². The Morgan fingerprint density at radius 2 is 2.10 bits per heavy atom. The number of carbonyl (C=O) groups excluding carboxylic acids is 1. The van der Waals surface area contributed by atoms with Crippen molar-refractivity contribution >= 4 is 27.7 Å². The van der Waals surface area contributed by atoms with Crippen LogP contribution in [-0.2, 0) is 6.18 Å². The molecule has 1 aromatic carbocycles. The molecule has 1 aromatic rings. The number of nitrogens with zero attached hydrogens (tertiary/aromatic N) is 2. The number of hydrogen-bond donors (Lipinski definition) is 2. The SMILES string of the molecule is CCN(C/C(N)=N/O)C(=O)c1ccc(Br)cc1C(F)(F)F. The lowest BCUT2D eigenvalue weighted by Crippen LogP contribution is -2.39. The Morgan fingerprint density at radius 1 is 1.48 bits per heavy atom. The van der Waals surface area contributed by atoms with Gasteiger partial charge in [-0.05, 0) is 25.1 Å². The number of benzene rings is 1. The minimum atomic E-state index is -4.66. The van der Waals surface area contributed by atoms with Crippen LogP contribution in [0.25, 0.3) is 0 Å². The molecule has 0 fully saturated rings. The summed E-state index contributed by atoms with van der Waals surface area (Å²) in [4.78, 5) is 13.3. The number of carbonyl (C=O) groups is 1.